The number of ether oxygens (including phenoxy) is 3. The summed E-state index contributed by atoms with van der Waals surface area (Å²) < 4.78 is 30.3. The molecule has 2 aromatic carbocycles. The number of hydrogen-bond acceptors (Lipinski definition) is 6. The van der Waals surface area contributed by atoms with E-state index in [-0.39, 0.29) is 16.3 Å². The third-order valence-electron chi connectivity index (χ3n) is 5.02. The number of methoxy groups -OCH3 is 2. The van der Waals surface area contributed by atoms with Crippen molar-refractivity contribution in [2.24, 2.45) is 5.92 Å². The van der Waals surface area contributed by atoms with Crippen LogP contribution in [-0.4, -0.2) is 30.3 Å². The first-order chi connectivity index (χ1) is 14.5. The van der Waals surface area contributed by atoms with E-state index in [9.17, 15) is 9.65 Å². The van der Waals surface area contributed by atoms with Crippen LogP contribution in [0.4, 0.5) is 4.39 Å². The van der Waals surface area contributed by atoms with Gasteiger partial charge in [-0.1, -0.05) is 6.07 Å². The Morgan fingerprint density at radius 2 is 1.97 bits per heavy atom. The van der Waals surface area contributed by atoms with Crippen LogP contribution in [0.2, 0.25) is 0 Å². The summed E-state index contributed by atoms with van der Waals surface area (Å²) in [5.74, 6) is -0.789. The van der Waals surface area contributed by atoms with Crippen molar-refractivity contribution < 1.29 is 18.6 Å². The Hall–Kier alpha value is -3.38. The molecule has 152 valence electrons. The molecule has 7 nitrogen and oxygen atoms in total. The van der Waals surface area contributed by atoms with Crippen molar-refractivity contribution in [3.8, 4) is 34.7 Å². The largest absolute Gasteiger partial charge is 0.493 e. The van der Waals surface area contributed by atoms with Gasteiger partial charge >= 0.3 is 0 Å². The van der Waals surface area contributed by atoms with Crippen LogP contribution in [0.15, 0.2) is 40.9 Å². The fourth-order valence-corrected chi connectivity index (χ4v) is 3.99. The molecule has 0 spiro atoms. The number of halogens is 2. The van der Waals surface area contributed by atoms with Crippen LogP contribution < -0.4 is 14.2 Å². The lowest BCUT2D eigenvalue weighted by atomic mass is 9.79. The highest BCUT2D eigenvalue weighted by Gasteiger charge is 2.41. The van der Waals surface area contributed by atoms with Crippen molar-refractivity contribution >= 4 is 21.8 Å². The van der Waals surface area contributed by atoms with Crippen LogP contribution in [0.5, 0.6) is 17.4 Å². The summed E-state index contributed by atoms with van der Waals surface area (Å²) in [6, 6.07) is 12.0. The number of nitriles is 1. The molecule has 0 bridgehead atoms. The average molecular weight is 471 g/mol. The monoisotopic (exact) mass is 470 g/mol. The number of nitrogens with one attached hydrogen (secondary N) is 2. The van der Waals surface area contributed by atoms with Crippen LogP contribution >= 0.6 is 15.9 Å². The van der Waals surface area contributed by atoms with Crippen LogP contribution in [0.1, 0.15) is 17.0 Å². The number of fused-ring (bicyclic) bond motifs is 1. The van der Waals surface area contributed by atoms with Crippen molar-refractivity contribution in [1.29, 1.82) is 10.7 Å². The fraction of sp³-hybridized carbons (Fsp3) is 0.190. The molecular weight excluding hydrogens is 455 g/mol. The third kappa shape index (κ3) is 3.19. The second-order valence-corrected chi connectivity index (χ2v) is 7.47. The molecule has 30 heavy (non-hydrogen) atoms. The Morgan fingerprint density at radius 1 is 1.20 bits per heavy atom. The predicted molar refractivity (Wildman–Crippen MR) is 111 cm³/mol. The molecule has 0 aliphatic carbocycles. The highest BCUT2D eigenvalue weighted by molar-refractivity contribution is 9.10. The molecule has 0 fully saturated rings. The van der Waals surface area contributed by atoms with Crippen molar-refractivity contribution in [2.75, 3.05) is 14.2 Å². The second kappa shape index (κ2) is 7.80. The number of rotatable bonds is 4. The van der Waals surface area contributed by atoms with Gasteiger partial charge in [0, 0.05) is 11.5 Å². The smallest absolute Gasteiger partial charge is 0.244 e. The van der Waals surface area contributed by atoms with Gasteiger partial charge in [0.25, 0.3) is 0 Å². The number of aromatic nitrogens is 2. The van der Waals surface area contributed by atoms with Gasteiger partial charge in [0.2, 0.25) is 11.8 Å². The highest BCUT2D eigenvalue weighted by atomic mass is 79.9. The number of H-pyrrole nitrogens is 1. The van der Waals surface area contributed by atoms with Gasteiger partial charge in [0.15, 0.2) is 11.5 Å². The van der Waals surface area contributed by atoms with Gasteiger partial charge in [-0.05, 0) is 51.8 Å². The average Bonchev–Trinajstić information content (AvgIpc) is 3.17. The Balaban J connectivity index is 1.92. The van der Waals surface area contributed by atoms with Crippen molar-refractivity contribution in [1.82, 2.24) is 10.2 Å². The standard InChI is InChI=1S/C21H16BrFN4O3/c1-28-15-6-4-11(8-16(15)29-2)19-18-17(10-3-5-14(23)13(22)7-10)12(9-24)20(25)30-21(18)27-26-19/h3-8,12,17,25H,1-2H3,(H,26,27). The zero-order valence-corrected chi connectivity index (χ0v) is 17.6. The first-order valence-corrected chi connectivity index (χ1v) is 9.69. The zero-order chi connectivity index (χ0) is 21.4. The van der Waals surface area contributed by atoms with Crippen LogP contribution in [-0.2, 0) is 0 Å². The van der Waals surface area contributed by atoms with Crippen LogP contribution in [0, 0.1) is 28.5 Å². The van der Waals surface area contributed by atoms with Crippen molar-refractivity contribution in [2.45, 2.75) is 5.92 Å². The quantitative estimate of drug-likeness (QED) is 0.577. The minimum Gasteiger partial charge on any atom is -0.493 e. The molecule has 1 aliphatic rings. The number of aromatic amines is 1. The SMILES string of the molecule is COc1ccc(-c2[nH]nc3c2C(c2ccc(F)c(Br)c2)C(C#N)C(=N)O3)cc1OC. The van der Waals surface area contributed by atoms with E-state index < -0.39 is 17.7 Å². The summed E-state index contributed by atoms with van der Waals surface area (Å²) in [4.78, 5) is 0. The highest BCUT2D eigenvalue weighted by Crippen LogP contribution is 2.47. The van der Waals surface area contributed by atoms with Gasteiger partial charge in [-0.3, -0.25) is 10.5 Å². The van der Waals surface area contributed by atoms with Gasteiger partial charge in [0.1, 0.15) is 11.7 Å². The van der Waals surface area contributed by atoms with Gasteiger partial charge in [-0.2, -0.15) is 5.26 Å². The maximum Gasteiger partial charge on any atom is 0.244 e. The van der Waals surface area contributed by atoms with E-state index in [1.54, 1.807) is 38.5 Å². The maximum absolute atomic E-state index is 13.8. The van der Waals surface area contributed by atoms with E-state index in [4.69, 9.17) is 19.6 Å². The van der Waals surface area contributed by atoms with Gasteiger partial charge < -0.3 is 14.2 Å². The Morgan fingerprint density at radius 3 is 2.63 bits per heavy atom. The van der Waals surface area contributed by atoms with Gasteiger partial charge in [-0.15, -0.1) is 5.10 Å². The summed E-state index contributed by atoms with van der Waals surface area (Å²) in [7, 11) is 3.09. The van der Waals surface area contributed by atoms with E-state index in [2.05, 4.69) is 32.2 Å². The summed E-state index contributed by atoms with van der Waals surface area (Å²) in [5, 5.41) is 25.1. The molecule has 0 radical (unpaired) electrons. The molecule has 9 heteroatoms. The zero-order valence-electron chi connectivity index (χ0n) is 16.0. The fourth-order valence-electron chi connectivity index (χ4n) is 3.60. The molecule has 2 unspecified atom stereocenters. The lowest BCUT2D eigenvalue weighted by Gasteiger charge is -2.28. The van der Waals surface area contributed by atoms with Crippen LogP contribution in [0.3, 0.4) is 0 Å². The summed E-state index contributed by atoms with van der Waals surface area (Å²) in [6.07, 6.45) is 0. The second-order valence-electron chi connectivity index (χ2n) is 6.61. The Labute approximate surface area is 180 Å². The molecule has 1 aliphatic heterocycles. The number of hydrogen-bond donors (Lipinski definition) is 2. The Kier molecular flexibility index (Phi) is 5.18. The molecule has 2 N–H and O–H groups in total. The normalized spacial score (nSPS) is 17.6. The molecule has 0 saturated carbocycles. The summed E-state index contributed by atoms with van der Waals surface area (Å²) >= 11 is 3.20. The van der Waals surface area contributed by atoms with E-state index in [0.717, 1.165) is 5.56 Å². The minimum atomic E-state index is -0.897. The van der Waals surface area contributed by atoms with Crippen molar-refractivity contribution in [3.63, 3.8) is 0 Å². The molecular formula is C21H16BrFN4O3. The third-order valence-corrected chi connectivity index (χ3v) is 5.62. The molecule has 1 aromatic heterocycles. The molecule has 2 heterocycles. The number of benzene rings is 2. The minimum absolute atomic E-state index is 0.208. The van der Waals surface area contributed by atoms with Crippen LogP contribution in [0.25, 0.3) is 11.3 Å². The van der Waals surface area contributed by atoms with Crippen molar-refractivity contribution in [3.05, 3.63) is 57.8 Å². The summed E-state index contributed by atoms with van der Waals surface area (Å²) in [6.45, 7) is 0. The molecule has 0 amide bonds. The topological polar surface area (TPSA) is 104 Å². The molecule has 3 aromatic rings. The predicted octanol–water partition coefficient (Wildman–Crippen LogP) is 4.64. The lowest BCUT2D eigenvalue weighted by Crippen LogP contribution is -2.30. The van der Waals surface area contributed by atoms with Gasteiger partial charge in [-0.25, -0.2) is 4.39 Å². The summed E-state index contributed by atoms with van der Waals surface area (Å²) in [5.41, 5.74) is 2.63. The van der Waals surface area contributed by atoms with E-state index in [0.29, 0.717) is 28.3 Å². The van der Waals surface area contributed by atoms with E-state index in [1.165, 1.54) is 6.07 Å². The van der Waals surface area contributed by atoms with E-state index in [1.807, 2.05) is 6.07 Å². The molecule has 0 saturated heterocycles. The van der Waals surface area contributed by atoms with Gasteiger partial charge in [0.05, 0.1) is 36.0 Å². The molecule has 2 atom stereocenters. The molecule has 4 rings (SSSR count). The van der Waals surface area contributed by atoms with E-state index >= 15 is 0 Å². The lowest BCUT2D eigenvalue weighted by molar-refractivity contribution is 0.355. The Bertz CT molecular complexity index is 1190. The first kappa shape index (κ1) is 19.9. The number of nitrogens with zero attached hydrogens (tertiary/aromatic N) is 2. The maximum atomic E-state index is 13.8. The first-order valence-electron chi connectivity index (χ1n) is 8.90.